The van der Waals surface area contributed by atoms with Crippen LogP contribution in [0.15, 0.2) is 48.7 Å². The fraction of sp³-hybridized carbons (Fsp3) is 0.393. The van der Waals surface area contributed by atoms with Crippen LogP contribution in [0.1, 0.15) is 30.0 Å². The summed E-state index contributed by atoms with van der Waals surface area (Å²) in [5, 5.41) is 17.3. The maximum Gasteiger partial charge on any atom is 0.249 e. The van der Waals surface area contributed by atoms with Gasteiger partial charge in [0, 0.05) is 49.6 Å². The number of imide groups is 1. The molecule has 2 saturated heterocycles. The number of hydrogen-bond donors (Lipinski definition) is 3. The minimum absolute atomic E-state index is 0.0165. The number of benzene rings is 2. The van der Waals surface area contributed by atoms with Gasteiger partial charge in [-0.3, -0.25) is 24.6 Å². The number of aromatic hydroxyl groups is 1. The van der Waals surface area contributed by atoms with Crippen LogP contribution in [0.3, 0.4) is 0 Å². The SMILES string of the molecule is O=C(Cc1cccc(OCCN2CCOCC2)c1)NCc1ccc2c(O)n(C3CCC(=O)NC3=O)cc2c1. The van der Waals surface area contributed by atoms with E-state index in [-0.39, 0.29) is 30.5 Å². The zero-order chi connectivity index (χ0) is 26.5. The number of morpholine rings is 1. The molecule has 5 rings (SSSR count). The van der Waals surface area contributed by atoms with Crippen molar-refractivity contribution in [3.05, 3.63) is 59.8 Å². The maximum atomic E-state index is 12.6. The molecule has 2 fully saturated rings. The number of nitrogens with zero attached hydrogens (tertiary/aromatic N) is 2. The van der Waals surface area contributed by atoms with Crippen LogP contribution >= 0.6 is 0 Å². The quantitative estimate of drug-likeness (QED) is 0.369. The van der Waals surface area contributed by atoms with E-state index in [0.29, 0.717) is 25.0 Å². The lowest BCUT2D eigenvalue weighted by Gasteiger charge is -2.26. The Bertz CT molecular complexity index is 1330. The first-order chi connectivity index (χ1) is 18.5. The van der Waals surface area contributed by atoms with Gasteiger partial charge in [-0.05, 0) is 41.8 Å². The average Bonchev–Trinajstić information content (AvgIpc) is 3.23. The molecule has 2 aliphatic heterocycles. The first kappa shape index (κ1) is 25.7. The van der Waals surface area contributed by atoms with Crippen molar-refractivity contribution >= 4 is 28.5 Å². The second kappa shape index (κ2) is 11.7. The zero-order valence-corrected chi connectivity index (χ0v) is 21.2. The van der Waals surface area contributed by atoms with Crippen LogP contribution in [-0.4, -0.2) is 71.7 Å². The summed E-state index contributed by atoms with van der Waals surface area (Å²) in [6.07, 6.45) is 2.50. The number of piperidine rings is 1. The Morgan fingerprint density at radius 3 is 2.79 bits per heavy atom. The molecule has 3 heterocycles. The molecule has 0 spiro atoms. The lowest BCUT2D eigenvalue weighted by atomic mass is 10.1. The third-order valence-corrected chi connectivity index (χ3v) is 6.96. The van der Waals surface area contributed by atoms with E-state index in [2.05, 4.69) is 15.5 Å². The van der Waals surface area contributed by atoms with Gasteiger partial charge in [-0.1, -0.05) is 18.2 Å². The van der Waals surface area contributed by atoms with Gasteiger partial charge in [0.2, 0.25) is 17.7 Å². The molecule has 0 radical (unpaired) electrons. The van der Waals surface area contributed by atoms with Crippen molar-refractivity contribution in [1.29, 1.82) is 0 Å². The maximum absolute atomic E-state index is 12.6. The normalized spacial score (nSPS) is 18.4. The molecule has 10 nitrogen and oxygen atoms in total. The van der Waals surface area contributed by atoms with Crippen molar-refractivity contribution in [2.45, 2.75) is 31.8 Å². The van der Waals surface area contributed by atoms with Crippen LogP contribution < -0.4 is 15.4 Å². The summed E-state index contributed by atoms with van der Waals surface area (Å²) in [5.74, 6) is -0.106. The van der Waals surface area contributed by atoms with Crippen molar-refractivity contribution in [2.75, 3.05) is 39.5 Å². The summed E-state index contributed by atoms with van der Waals surface area (Å²) >= 11 is 0. The van der Waals surface area contributed by atoms with Gasteiger partial charge in [-0.15, -0.1) is 0 Å². The van der Waals surface area contributed by atoms with E-state index in [4.69, 9.17) is 9.47 Å². The van der Waals surface area contributed by atoms with Gasteiger partial charge in [0.25, 0.3) is 0 Å². The Morgan fingerprint density at radius 1 is 1.13 bits per heavy atom. The van der Waals surface area contributed by atoms with Gasteiger partial charge in [-0.25, -0.2) is 0 Å². The highest BCUT2D eigenvalue weighted by Crippen LogP contribution is 2.33. The number of ether oxygens (including phenoxy) is 2. The number of carbonyl (C=O) groups excluding carboxylic acids is 3. The van der Waals surface area contributed by atoms with Gasteiger partial charge in [-0.2, -0.15) is 0 Å². The van der Waals surface area contributed by atoms with Crippen LogP contribution in [0.2, 0.25) is 0 Å². The number of aromatic nitrogens is 1. The lowest BCUT2D eigenvalue weighted by molar-refractivity contribution is -0.135. The summed E-state index contributed by atoms with van der Waals surface area (Å²) in [5.41, 5.74) is 1.74. The molecule has 10 heteroatoms. The molecule has 1 aromatic heterocycles. The smallest absolute Gasteiger partial charge is 0.249 e. The first-order valence-corrected chi connectivity index (χ1v) is 12.9. The zero-order valence-electron chi connectivity index (χ0n) is 21.2. The van der Waals surface area contributed by atoms with Crippen LogP contribution in [-0.2, 0) is 32.1 Å². The molecule has 0 aliphatic carbocycles. The fourth-order valence-corrected chi connectivity index (χ4v) is 4.88. The minimum Gasteiger partial charge on any atom is -0.494 e. The molecule has 200 valence electrons. The molecule has 3 N–H and O–H groups in total. The van der Waals surface area contributed by atoms with Crippen molar-refractivity contribution in [1.82, 2.24) is 20.1 Å². The van der Waals surface area contributed by atoms with Crippen molar-refractivity contribution in [2.24, 2.45) is 0 Å². The Morgan fingerprint density at radius 2 is 1.97 bits per heavy atom. The highest BCUT2D eigenvalue weighted by Gasteiger charge is 2.30. The van der Waals surface area contributed by atoms with E-state index in [1.54, 1.807) is 12.3 Å². The number of amides is 3. The minimum atomic E-state index is -0.637. The predicted molar refractivity (Wildman–Crippen MR) is 140 cm³/mol. The number of fused-ring (bicyclic) bond motifs is 1. The Kier molecular flexibility index (Phi) is 7.90. The topological polar surface area (TPSA) is 122 Å². The van der Waals surface area contributed by atoms with E-state index in [0.717, 1.165) is 55.1 Å². The van der Waals surface area contributed by atoms with Gasteiger partial charge in [0.1, 0.15) is 18.4 Å². The molecular weight excluding hydrogens is 488 g/mol. The molecular formula is C28H32N4O6. The van der Waals surface area contributed by atoms with E-state index in [1.165, 1.54) is 4.57 Å². The number of hydrogen-bond acceptors (Lipinski definition) is 7. The number of nitrogens with one attached hydrogen (secondary N) is 2. The molecule has 1 atom stereocenters. The standard InChI is InChI=1S/C28H32N4O6/c33-25-7-6-24(27(35)30-25)32-18-21-14-20(4-5-23(21)28(32)36)17-29-26(34)16-19-2-1-3-22(15-19)38-13-10-31-8-11-37-12-9-31/h1-5,14-15,18,24,36H,6-13,16-17H2,(H,29,34)(H,30,33,35). The van der Waals surface area contributed by atoms with Crippen LogP contribution in [0.5, 0.6) is 11.6 Å². The van der Waals surface area contributed by atoms with Crippen LogP contribution in [0.4, 0.5) is 0 Å². The summed E-state index contributed by atoms with van der Waals surface area (Å²) in [6, 6.07) is 12.4. The molecule has 3 amide bonds. The van der Waals surface area contributed by atoms with E-state index >= 15 is 0 Å². The highest BCUT2D eigenvalue weighted by molar-refractivity contribution is 6.00. The molecule has 38 heavy (non-hydrogen) atoms. The fourth-order valence-electron chi connectivity index (χ4n) is 4.88. The first-order valence-electron chi connectivity index (χ1n) is 12.9. The third-order valence-electron chi connectivity index (χ3n) is 6.96. The summed E-state index contributed by atoms with van der Waals surface area (Å²) < 4.78 is 12.8. The summed E-state index contributed by atoms with van der Waals surface area (Å²) in [7, 11) is 0. The van der Waals surface area contributed by atoms with Crippen molar-refractivity contribution < 1.29 is 29.0 Å². The van der Waals surface area contributed by atoms with Gasteiger partial charge >= 0.3 is 0 Å². The number of rotatable bonds is 9. The third kappa shape index (κ3) is 6.15. The Labute approximate surface area is 220 Å². The monoisotopic (exact) mass is 520 g/mol. The van der Waals surface area contributed by atoms with Gasteiger partial charge in [0.15, 0.2) is 5.88 Å². The Balaban J connectivity index is 1.14. The van der Waals surface area contributed by atoms with Crippen molar-refractivity contribution in [3.8, 4) is 11.6 Å². The number of carbonyl (C=O) groups is 3. The molecule has 0 bridgehead atoms. The summed E-state index contributed by atoms with van der Waals surface area (Å²) in [6.45, 7) is 5.11. The predicted octanol–water partition coefficient (Wildman–Crippen LogP) is 1.89. The van der Waals surface area contributed by atoms with Gasteiger partial charge < -0.3 is 24.5 Å². The molecule has 2 aliphatic rings. The van der Waals surface area contributed by atoms with E-state index in [1.807, 2.05) is 36.4 Å². The molecule has 0 saturated carbocycles. The van der Waals surface area contributed by atoms with E-state index in [9.17, 15) is 19.5 Å². The van der Waals surface area contributed by atoms with E-state index < -0.39 is 11.9 Å². The second-order valence-electron chi connectivity index (χ2n) is 9.65. The highest BCUT2D eigenvalue weighted by atomic mass is 16.5. The Hall–Kier alpha value is -3.89. The van der Waals surface area contributed by atoms with Crippen molar-refractivity contribution in [3.63, 3.8) is 0 Å². The largest absolute Gasteiger partial charge is 0.494 e. The molecule has 2 aromatic carbocycles. The summed E-state index contributed by atoms with van der Waals surface area (Å²) in [4.78, 5) is 38.6. The molecule has 1 unspecified atom stereocenters. The molecule has 3 aromatic rings. The average molecular weight is 521 g/mol. The van der Waals surface area contributed by atoms with Crippen LogP contribution in [0, 0.1) is 0 Å². The van der Waals surface area contributed by atoms with Gasteiger partial charge in [0.05, 0.1) is 19.6 Å². The van der Waals surface area contributed by atoms with Crippen LogP contribution in [0.25, 0.3) is 10.8 Å². The second-order valence-corrected chi connectivity index (χ2v) is 9.65. The lowest BCUT2D eigenvalue weighted by Crippen LogP contribution is -2.41.